The number of aliphatic hydroxyl groups is 2. The Morgan fingerprint density at radius 1 is 1.13 bits per heavy atom. The normalized spacial score (nSPS) is 51.2. The van der Waals surface area contributed by atoms with E-state index < -0.39 is 17.8 Å². The van der Waals surface area contributed by atoms with Crippen molar-refractivity contribution in [3.05, 3.63) is 0 Å². The maximum Gasteiger partial charge on any atom is 0.161 e. The molecule has 0 radical (unpaired) electrons. The van der Waals surface area contributed by atoms with E-state index in [1.165, 1.54) is 12.8 Å². The third kappa shape index (κ3) is 1.35. The molecule has 1 saturated carbocycles. The van der Waals surface area contributed by atoms with Crippen LogP contribution in [0.15, 0.2) is 0 Å². The molecule has 4 atom stereocenters. The number of hydrogen-bond donors (Lipinski definition) is 2. The lowest BCUT2D eigenvalue weighted by Crippen LogP contribution is -2.58. The first-order chi connectivity index (χ1) is 7.22. The molecule has 1 aliphatic carbocycles. The van der Waals surface area contributed by atoms with E-state index in [-0.39, 0.29) is 6.29 Å². The van der Waals surface area contributed by atoms with Gasteiger partial charge in [-0.25, -0.2) is 0 Å². The first-order valence-corrected chi connectivity index (χ1v) is 5.88. The standard InChI is InChI=1S/C11H18O4/c12-8-5-9-14-6-11(15-9,10(8)13)7-3-1-2-4-7/h7-10,12-13H,1-6H2/t8?,9-,10?,11+/m0/s1. The fraction of sp³-hybridized carbons (Fsp3) is 1.00. The van der Waals surface area contributed by atoms with Crippen LogP contribution >= 0.6 is 0 Å². The summed E-state index contributed by atoms with van der Waals surface area (Å²) in [5.41, 5.74) is -0.612. The summed E-state index contributed by atoms with van der Waals surface area (Å²) in [6, 6.07) is 0. The molecule has 4 heteroatoms. The van der Waals surface area contributed by atoms with Crippen molar-refractivity contribution in [2.24, 2.45) is 5.92 Å². The van der Waals surface area contributed by atoms with Crippen molar-refractivity contribution in [2.45, 2.75) is 56.2 Å². The first-order valence-electron chi connectivity index (χ1n) is 5.88. The fourth-order valence-corrected chi connectivity index (χ4v) is 3.33. The van der Waals surface area contributed by atoms with Gasteiger partial charge in [-0.3, -0.25) is 0 Å². The molecule has 3 fully saturated rings. The topological polar surface area (TPSA) is 58.9 Å². The molecule has 4 nitrogen and oxygen atoms in total. The molecule has 2 aliphatic heterocycles. The molecule has 0 amide bonds. The molecule has 3 rings (SSSR count). The van der Waals surface area contributed by atoms with E-state index in [4.69, 9.17) is 9.47 Å². The SMILES string of the molecule is OC1C[C@H]2OC[C@](C3CCCC3)(O2)C1O. The van der Waals surface area contributed by atoms with Crippen molar-refractivity contribution in [3.63, 3.8) is 0 Å². The monoisotopic (exact) mass is 214 g/mol. The maximum absolute atomic E-state index is 10.1. The van der Waals surface area contributed by atoms with E-state index in [1.807, 2.05) is 0 Å². The van der Waals surface area contributed by atoms with Crippen molar-refractivity contribution < 1.29 is 19.7 Å². The average Bonchev–Trinajstić information content (AvgIpc) is 2.82. The summed E-state index contributed by atoms with van der Waals surface area (Å²) in [6.45, 7) is 0.445. The Balaban J connectivity index is 1.87. The van der Waals surface area contributed by atoms with E-state index >= 15 is 0 Å². The number of ether oxygens (including phenoxy) is 2. The van der Waals surface area contributed by atoms with Crippen molar-refractivity contribution in [1.29, 1.82) is 0 Å². The number of fused-ring (bicyclic) bond motifs is 2. The molecule has 2 unspecified atom stereocenters. The van der Waals surface area contributed by atoms with Crippen LogP contribution in [0.1, 0.15) is 32.1 Å². The summed E-state index contributed by atoms with van der Waals surface area (Å²) in [4.78, 5) is 0. The second-order valence-electron chi connectivity index (χ2n) is 5.04. The average molecular weight is 214 g/mol. The maximum atomic E-state index is 10.1. The molecular weight excluding hydrogens is 196 g/mol. The number of rotatable bonds is 1. The van der Waals surface area contributed by atoms with E-state index in [0.717, 1.165) is 12.8 Å². The van der Waals surface area contributed by atoms with E-state index in [1.54, 1.807) is 0 Å². The quantitative estimate of drug-likeness (QED) is 0.664. The lowest BCUT2D eigenvalue weighted by Gasteiger charge is -2.42. The first kappa shape index (κ1) is 10.0. The third-order valence-corrected chi connectivity index (χ3v) is 4.19. The molecule has 2 saturated heterocycles. The van der Waals surface area contributed by atoms with Gasteiger partial charge in [-0.15, -0.1) is 0 Å². The van der Waals surface area contributed by atoms with Crippen LogP contribution in [0.25, 0.3) is 0 Å². The summed E-state index contributed by atoms with van der Waals surface area (Å²) >= 11 is 0. The smallest absolute Gasteiger partial charge is 0.161 e. The molecule has 86 valence electrons. The zero-order valence-corrected chi connectivity index (χ0v) is 8.76. The largest absolute Gasteiger partial charge is 0.390 e. The van der Waals surface area contributed by atoms with Crippen LogP contribution in [0, 0.1) is 5.92 Å². The van der Waals surface area contributed by atoms with Gasteiger partial charge in [0.15, 0.2) is 6.29 Å². The van der Waals surface area contributed by atoms with Crippen LogP contribution in [0.2, 0.25) is 0 Å². The fourth-order valence-electron chi connectivity index (χ4n) is 3.33. The van der Waals surface area contributed by atoms with Gasteiger partial charge in [0.05, 0.1) is 12.7 Å². The van der Waals surface area contributed by atoms with E-state index in [9.17, 15) is 10.2 Å². The second-order valence-corrected chi connectivity index (χ2v) is 5.04. The van der Waals surface area contributed by atoms with Crippen LogP contribution < -0.4 is 0 Å². The Hall–Kier alpha value is -0.160. The van der Waals surface area contributed by atoms with Crippen LogP contribution in [-0.4, -0.2) is 40.9 Å². The van der Waals surface area contributed by atoms with Gasteiger partial charge in [0.2, 0.25) is 0 Å². The lowest BCUT2D eigenvalue weighted by atomic mass is 9.78. The molecular formula is C11H18O4. The Kier molecular flexibility index (Phi) is 2.28. The predicted octanol–water partition coefficient (Wildman–Crippen LogP) is 0.414. The van der Waals surface area contributed by atoms with Crippen molar-refractivity contribution in [1.82, 2.24) is 0 Å². The molecule has 3 aliphatic rings. The minimum absolute atomic E-state index is 0.302. The summed E-state index contributed by atoms with van der Waals surface area (Å²) in [5, 5.41) is 19.9. The highest BCUT2D eigenvalue weighted by Gasteiger charge is 2.58. The Morgan fingerprint density at radius 3 is 2.60 bits per heavy atom. The van der Waals surface area contributed by atoms with E-state index in [2.05, 4.69) is 0 Å². The van der Waals surface area contributed by atoms with Crippen molar-refractivity contribution in [2.75, 3.05) is 6.61 Å². The van der Waals surface area contributed by atoms with Gasteiger partial charge in [-0.1, -0.05) is 12.8 Å². The summed E-state index contributed by atoms with van der Waals surface area (Å²) in [7, 11) is 0. The van der Waals surface area contributed by atoms with Gasteiger partial charge in [0.25, 0.3) is 0 Å². The van der Waals surface area contributed by atoms with Crippen LogP contribution in [-0.2, 0) is 9.47 Å². The lowest BCUT2D eigenvalue weighted by molar-refractivity contribution is -0.226. The highest BCUT2D eigenvalue weighted by atomic mass is 16.7. The molecule has 2 N–H and O–H groups in total. The van der Waals surface area contributed by atoms with Crippen LogP contribution in [0.4, 0.5) is 0 Å². The Labute approximate surface area is 89.2 Å². The van der Waals surface area contributed by atoms with Crippen LogP contribution in [0.5, 0.6) is 0 Å². The third-order valence-electron chi connectivity index (χ3n) is 4.19. The zero-order chi connectivity index (χ0) is 10.5. The van der Waals surface area contributed by atoms with Gasteiger partial charge < -0.3 is 19.7 Å². The van der Waals surface area contributed by atoms with Crippen molar-refractivity contribution in [3.8, 4) is 0 Å². The molecule has 0 aromatic heterocycles. The minimum atomic E-state index is -0.778. The molecule has 0 aromatic carbocycles. The molecule has 0 spiro atoms. The highest BCUT2D eigenvalue weighted by molar-refractivity contribution is 5.05. The molecule has 2 heterocycles. The summed E-state index contributed by atoms with van der Waals surface area (Å²) in [6.07, 6.45) is 3.19. The van der Waals surface area contributed by atoms with Gasteiger partial charge in [0, 0.05) is 6.42 Å². The second kappa shape index (κ2) is 3.42. The van der Waals surface area contributed by atoms with Crippen molar-refractivity contribution >= 4 is 0 Å². The van der Waals surface area contributed by atoms with Gasteiger partial charge in [-0.2, -0.15) is 0 Å². The van der Waals surface area contributed by atoms with Crippen LogP contribution in [0.3, 0.4) is 0 Å². The van der Waals surface area contributed by atoms with E-state index in [0.29, 0.717) is 18.9 Å². The Morgan fingerprint density at radius 2 is 1.87 bits per heavy atom. The molecule has 0 aromatic rings. The summed E-state index contributed by atoms with van der Waals surface area (Å²) in [5.74, 6) is 0.354. The molecule has 15 heavy (non-hydrogen) atoms. The molecule has 2 bridgehead atoms. The van der Waals surface area contributed by atoms with Gasteiger partial charge in [0.1, 0.15) is 11.7 Å². The van der Waals surface area contributed by atoms with Gasteiger partial charge in [-0.05, 0) is 18.8 Å². The Bertz CT molecular complexity index is 247. The zero-order valence-electron chi connectivity index (χ0n) is 8.76. The van der Waals surface area contributed by atoms with Gasteiger partial charge >= 0.3 is 0 Å². The highest BCUT2D eigenvalue weighted by Crippen LogP contribution is 2.47. The summed E-state index contributed by atoms with van der Waals surface area (Å²) < 4.78 is 11.3. The minimum Gasteiger partial charge on any atom is -0.390 e. The number of hydrogen-bond acceptors (Lipinski definition) is 4. The predicted molar refractivity (Wildman–Crippen MR) is 52.1 cm³/mol. The number of aliphatic hydroxyl groups excluding tert-OH is 2.